The van der Waals surface area contributed by atoms with Crippen LogP contribution in [0.3, 0.4) is 0 Å². The van der Waals surface area contributed by atoms with Gasteiger partial charge in [0.15, 0.2) is 6.29 Å². The molecule has 0 heterocycles. The number of unbranched alkanes of at least 4 members (excludes halogenated alkanes) is 2. The van der Waals surface area contributed by atoms with Crippen molar-refractivity contribution in [1.29, 1.82) is 0 Å². The van der Waals surface area contributed by atoms with E-state index in [2.05, 4.69) is 6.92 Å². The average Bonchev–Trinajstić information content (AvgIpc) is 2.22. The third-order valence-electron chi connectivity index (χ3n) is 2.10. The smallest absolute Gasteiger partial charge is 0.157 e. The van der Waals surface area contributed by atoms with Crippen LogP contribution in [0.4, 0.5) is 0 Å². The molecule has 0 spiro atoms. The van der Waals surface area contributed by atoms with Crippen LogP contribution in [0, 0.1) is 0 Å². The molecule has 0 aliphatic carbocycles. The molecular weight excluding hydrogens is 196 g/mol. The maximum absolute atomic E-state index is 5.57. The van der Waals surface area contributed by atoms with Crippen LogP contribution in [0.25, 0.3) is 0 Å². The van der Waals surface area contributed by atoms with Gasteiger partial charge in [-0.3, -0.25) is 0 Å². The highest BCUT2D eigenvalue weighted by atomic mass is 28.2. The Morgan fingerprint density at radius 2 is 1.86 bits per heavy atom. The van der Waals surface area contributed by atoms with Crippen molar-refractivity contribution in [3.05, 3.63) is 0 Å². The summed E-state index contributed by atoms with van der Waals surface area (Å²) in [5.41, 5.74) is 0. The SMILES string of the molecule is CCCCC(OC)OCCCCO[SiH3]. The standard InChI is InChI=1S/C10H24O3Si/c1-3-4-7-10(11-2)12-8-5-6-9-13-14/h10H,3-9H2,1-2,14H3. The van der Waals surface area contributed by atoms with Gasteiger partial charge in [0.1, 0.15) is 10.5 Å². The molecule has 0 bridgehead atoms. The van der Waals surface area contributed by atoms with Crippen LogP contribution < -0.4 is 0 Å². The number of rotatable bonds is 10. The minimum absolute atomic E-state index is 0.00753. The molecule has 4 heteroatoms. The van der Waals surface area contributed by atoms with E-state index in [0.29, 0.717) is 0 Å². The summed E-state index contributed by atoms with van der Waals surface area (Å²) in [7, 11) is 2.55. The molecule has 0 aromatic rings. The van der Waals surface area contributed by atoms with Crippen LogP contribution in [-0.4, -0.2) is 37.1 Å². The highest BCUT2D eigenvalue weighted by molar-refractivity contribution is 5.97. The molecule has 86 valence electrons. The lowest BCUT2D eigenvalue weighted by atomic mass is 10.2. The molecule has 0 aliphatic rings. The summed E-state index contributed by atoms with van der Waals surface area (Å²) in [6.45, 7) is 3.84. The van der Waals surface area contributed by atoms with Crippen molar-refractivity contribution in [1.82, 2.24) is 0 Å². The Hall–Kier alpha value is 0.0969. The molecule has 0 amide bonds. The summed E-state index contributed by atoms with van der Waals surface area (Å²) in [6.07, 6.45) is 5.51. The van der Waals surface area contributed by atoms with Gasteiger partial charge in [-0.05, 0) is 25.7 Å². The third kappa shape index (κ3) is 8.68. The molecule has 0 aromatic heterocycles. The molecule has 0 saturated heterocycles. The molecule has 0 N–H and O–H groups in total. The first-order valence-corrected chi connectivity index (χ1v) is 6.30. The van der Waals surface area contributed by atoms with E-state index in [9.17, 15) is 0 Å². The lowest BCUT2D eigenvalue weighted by Crippen LogP contribution is -2.16. The van der Waals surface area contributed by atoms with Crippen molar-refractivity contribution in [3.63, 3.8) is 0 Å². The lowest BCUT2D eigenvalue weighted by Gasteiger charge is -2.15. The average molecular weight is 220 g/mol. The zero-order valence-corrected chi connectivity index (χ0v) is 11.8. The highest BCUT2D eigenvalue weighted by Gasteiger charge is 2.05. The van der Waals surface area contributed by atoms with Crippen molar-refractivity contribution >= 4 is 10.5 Å². The van der Waals surface area contributed by atoms with E-state index in [1.54, 1.807) is 7.11 Å². The van der Waals surface area contributed by atoms with Crippen molar-refractivity contribution < 1.29 is 13.9 Å². The molecule has 0 fully saturated rings. The Morgan fingerprint density at radius 1 is 1.14 bits per heavy atom. The number of ether oxygens (including phenoxy) is 2. The van der Waals surface area contributed by atoms with E-state index in [1.807, 2.05) is 0 Å². The third-order valence-corrected chi connectivity index (χ3v) is 2.51. The van der Waals surface area contributed by atoms with Crippen LogP contribution in [0.5, 0.6) is 0 Å². The van der Waals surface area contributed by atoms with Gasteiger partial charge in [0.2, 0.25) is 0 Å². The Morgan fingerprint density at radius 3 is 2.43 bits per heavy atom. The molecule has 1 atom stereocenters. The zero-order valence-electron chi connectivity index (χ0n) is 9.75. The van der Waals surface area contributed by atoms with Gasteiger partial charge in [0, 0.05) is 20.3 Å². The molecular formula is C10H24O3Si. The van der Waals surface area contributed by atoms with Gasteiger partial charge in [-0.2, -0.15) is 0 Å². The van der Waals surface area contributed by atoms with Gasteiger partial charge in [0.05, 0.1) is 0 Å². The molecule has 1 unspecified atom stereocenters. The van der Waals surface area contributed by atoms with Gasteiger partial charge in [-0.1, -0.05) is 13.3 Å². The molecule has 0 saturated carbocycles. The Bertz CT molecular complexity index is 112. The largest absolute Gasteiger partial charge is 0.428 e. The predicted octanol–water partition coefficient (Wildman–Crippen LogP) is 1.24. The minimum Gasteiger partial charge on any atom is -0.428 e. The highest BCUT2D eigenvalue weighted by Crippen LogP contribution is 2.06. The second kappa shape index (κ2) is 11.2. The zero-order chi connectivity index (χ0) is 10.6. The van der Waals surface area contributed by atoms with E-state index in [4.69, 9.17) is 13.9 Å². The van der Waals surface area contributed by atoms with Crippen molar-refractivity contribution in [2.75, 3.05) is 20.3 Å². The van der Waals surface area contributed by atoms with E-state index < -0.39 is 0 Å². The first-order valence-electron chi connectivity index (χ1n) is 5.48. The van der Waals surface area contributed by atoms with Crippen LogP contribution in [0.2, 0.25) is 0 Å². The maximum Gasteiger partial charge on any atom is 0.157 e. The van der Waals surface area contributed by atoms with Gasteiger partial charge in [-0.15, -0.1) is 0 Å². The van der Waals surface area contributed by atoms with Crippen molar-refractivity contribution in [3.8, 4) is 0 Å². The summed E-state index contributed by atoms with van der Waals surface area (Å²) in [6, 6.07) is 0. The number of hydrogen-bond acceptors (Lipinski definition) is 3. The van der Waals surface area contributed by atoms with E-state index in [1.165, 1.54) is 12.8 Å². The Balaban J connectivity index is 3.24. The topological polar surface area (TPSA) is 27.7 Å². The molecule has 0 aromatic carbocycles. The second-order valence-electron chi connectivity index (χ2n) is 3.38. The summed E-state index contributed by atoms with van der Waals surface area (Å²) >= 11 is 0. The molecule has 0 radical (unpaired) electrons. The van der Waals surface area contributed by atoms with Crippen LogP contribution in [0.15, 0.2) is 0 Å². The van der Waals surface area contributed by atoms with E-state index >= 15 is 0 Å². The molecule has 0 aliphatic heterocycles. The Kier molecular flexibility index (Phi) is 11.3. The monoisotopic (exact) mass is 220 g/mol. The van der Waals surface area contributed by atoms with Crippen LogP contribution in [0.1, 0.15) is 39.0 Å². The fourth-order valence-electron chi connectivity index (χ4n) is 1.20. The van der Waals surface area contributed by atoms with Gasteiger partial charge in [-0.25, -0.2) is 0 Å². The summed E-state index contributed by atoms with van der Waals surface area (Å²) in [5.74, 6) is 0. The summed E-state index contributed by atoms with van der Waals surface area (Å²) in [4.78, 5) is 0. The van der Waals surface area contributed by atoms with Gasteiger partial charge < -0.3 is 13.9 Å². The predicted molar refractivity (Wildman–Crippen MR) is 61.4 cm³/mol. The minimum atomic E-state index is -0.00753. The summed E-state index contributed by atoms with van der Waals surface area (Å²) in [5, 5.41) is 0. The fourth-order valence-corrected chi connectivity index (χ4v) is 1.49. The number of methoxy groups -OCH3 is 1. The van der Waals surface area contributed by atoms with Crippen molar-refractivity contribution in [2.24, 2.45) is 0 Å². The van der Waals surface area contributed by atoms with E-state index in [-0.39, 0.29) is 6.29 Å². The second-order valence-corrected chi connectivity index (χ2v) is 3.96. The molecule has 0 rings (SSSR count). The Labute approximate surface area is 90.7 Å². The van der Waals surface area contributed by atoms with Gasteiger partial charge in [0.25, 0.3) is 0 Å². The quantitative estimate of drug-likeness (QED) is 0.315. The van der Waals surface area contributed by atoms with E-state index in [0.717, 1.165) is 43.0 Å². The maximum atomic E-state index is 5.57. The first kappa shape index (κ1) is 14.1. The molecule has 14 heavy (non-hydrogen) atoms. The molecule has 3 nitrogen and oxygen atoms in total. The summed E-state index contributed by atoms with van der Waals surface area (Å²) < 4.78 is 15.9. The first-order chi connectivity index (χ1) is 6.85. The normalized spacial score (nSPS) is 13.3. The van der Waals surface area contributed by atoms with Crippen LogP contribution >= 0.6 is 0 Å². The lowest BCUT2D eigenvalue weighted by molar-refractivity contribution is -0.128. The number of hydrogen-bond donors (Lipinski definition) is 0. The fraction of sp³-hybridized carbons (Fsp3) is 1.00. The van der Waals surface area contributed by atoms with Crippen molar-refractivity contribution in [2.45, 2.75) is 45.3 Å². The van der Waals surface area contributed by atoms with Crippen LogP contribution in [-0.2, 0) is 13.9 Å². The van der Waals surface area contributed by atoms with Gasteiger partial charge >= 0.3 is 0 Å².